The van der Waals surface area contributed by atoms with Crippen molar-refractivity contribution in [3.63, 3.8) is 0 Å². The van der Waals surface area contributed by atoms with Crippen LogP contribution in [0.15, 0.2) is 10.2 Å². The Morgan fingerprint density at radius 3 is 2.38 bits per heavy atom. The van der Waals surface area contributed by atoms with Crippen molar-refractivity contribution in [3.05, 3.63) is 22.6 Å². The molecule has 21 heavy (non-hydrogen) atoms. The summed E-state index contributed by atoms with van der Waals surface area (Å²) < 4.78 is 1.87. The van der Waals surface area contributed by atoms with Crippen molar-refractivity contribution in [1.82, 2.24) is 25.0 Å². The fourth-order valence-electron chi connectivity index (χ4n) is 2.07. The van der Waals surface area contributed by atoms with Crippen molar-refractivity contribution >= 4 is 17.6 Å². The molecule has 2 rings (SSSR count). The third-order valence-corrected chi connectivity index (χ3v) is 4.34. The van der Waals surface area contributed by atoms with Gasteiger partial charge in [0.05, 0.1) is 11.3 Å². The summed E-state index contributed by atoms with van der Waals surface area (Å²) in [6.07, 6.45) is 1.53. The fourth-order valence-corrected chi connectivity index (χ4v) is 3.01. The van der Waals surface area contributed by atoms with Crippen LogP contribution in [-0.4, -0.2) is 30.8 Å². The van der Waals surface area contributed by atoms with E-state index in [1.165, 1.54) is 11.8 Å². The maximum Gasteiger partial charge on any atom is 0.197 e. The van der Waals surface area contributed by atoms with E-state index < -0.39 is 0 Å². The van der Waals surface area contributed by atoms with Gasteiger partial charge in [0.1, 0.15) is 16.7 Å². The lowest BCUT2D eigenvalue weighted by atomic mass is 10.0. The summed E-state index contributed by atoms with van der Waals surface area (Å²) in [5.41, 5.74) is 8.31. The zero-order chi connectivity index (χ0) is 15.6. The molecule has 0 fully saturated rings. The predicted molar refractivity (Wildman–Crippen MR) is 81.7 cm³/mol. The number of amidine groups is 1. The Morgan fingerprint density at radius 1 is 1.19 bits per heavy atom. The molecule has 0 spiro atoms. The Labute approximate surface area is 127 Å². The molecule has 0 aliphatic rings. The maximum atomic E-state index is 7.87. The molecule has 2 heterocycles. The number of nitrogen functional groups attached to an aromatic ring is 1. The van der Waals surface area contributed by atoms with Gasteiger partial charge in [-0.2, -0.15) is 5.10 Å². The minimum atomic E-state index is 0.0119. The van der Waals surface area contributed by atoms with Crippen molar-refractivity contribution in [2.24, 2.45) is 12.8 Å². The van der Waals surface area contributed by atoms with Crippen molar-refractivity contribution in [1.29, 1.82) is 5.41 Å². The first kappa shape index (κ1) is 15.4. The Morgan fingerprint density at radius 2 is 1.90 bits per heavy atom. The monoisotopic (exact) mass is 305 g/mol. The van der Waals surface area contributed by atoms with Gasteiger partial charge in [-0.1, -0.05) is 13.8 Å². The molecular weight excluding hydrogens is 286 g/mol. The molecule has 2 aromatic heterocycles. The SMILES string of the molecule is CCc1nnc(Sc2nnc(C)n2C)c(C(=N)N)c1CC. The highest BCUT2D eigenvalue weighted by atomic mass is 32.2. The van der Waals surface area contributed by atoms with Gasteiger partial charge in [0.25, 0.3) is 0 Å². The first-order chi connectivity index (χ1) is 9.99. The minimum Gasteiger partial charge on any atom is -0.384 e. The standard InChI is InChI=1S/C13H19N7S/c1-5-8-9(6-2)17-18-12(10(8)11(14)15)21-13-19-16-7(3)20(13)4/h5-6H2,1-4H3,(H3,14,15). The number of hydrogen-bond donors (Lipinski definition) is 2. The Kier molecular flexibility index (Phi) is 4.56. The van der Waals surface area contributed by atoms with E-state index >= 15 is 0 Å². The highest BCUT2D eigenvalue weighted by molar-refractivity contribution is 7.99. The lowest BCUT2D eigenvalue weighted by Gasteiger charge is -2.13. The molecule has 0 aromatic carbocycles. The second-order valence-corrected chi connectivity index (χ2v) is 5.57. The van der Waals surface area contributed by atoms with Gasteiger partial charge >= 0.3 is 0 Å². The molecule has 0 amide bonds. The van der Waals surface area contributed by atoms with Crippen LogP contribution in [0.5, 0.6) is 0 Å². The van der Waals surface area contributed by atoms with E-state index in [2.05, 4.69) is 20.4 Å². The van der Waals surface area contributed by atoms with Crippen LogP contribution in [0.4, 0.5) is 0 Å². The van der Waals surface area contributed by atoms with E-state index in [9.17, 15) is 0 Å². The molecular formula is C13H19N7S. The minimum absolute atomic E-state index is 0.0119. The van der Waals surface area contributed by atoms with Gasteiger partial charge in [-0.25, -0.2) is 0 Å². The molecule has 0 saturated heterocycles. The average molecular weight is 305 g/mol. The van der Waals surface area contributed by atoms with Gasteiger partial charge in [-0.3, -0.25) is 5.41 Å². The topological polar surface area (TPSA) is 106 Å². The Balaban J connectivity index is 2.53. The summed E-state index contributed by atoms with van der Waals surface area (Å²) in [6.45, 7) is 5.93. The highest BCUT2D eigenvalue weighted by Crippen LogP contribution is 2.29. The average Bonchev–Trinajstić information content (AvgIpc) is 2.78. The van der Waals surface area contributed by atoms with Crippen LogP contribution in [0.3, 0.4) is 0 Å². The van der Waals surface area contributed by atoms with E-state index in [4.69, 9.17) is 11.1 Å². The van der Waals surface area contributed by atoms with Crippen LogP contribution >= 0.6 is 11.8 Å². The van der Waals surface area contributed by atoms with Crippen LogP contribution in [0.1, 0.15) is 36.5 Å². The van der Waals surface area contributed by atoms with E-state index in [-0.39, 0.29) is 5.84 Å². The number of aryl methyl sites for hydroxylation is 2. The first-order valence-corrected chi connectivity index (χ1v) is 7.57. The van der Waals surface area contributed by atoms with Crippen LogP contribution < -0.4 is 5.73 Å². The highest BCUT2D eigenvalue weighted by Gasteiger charge is 2.19. The molecule has 8 heteroatoms. The van der Waals surface area contributed by atoms with Gasteiger partial charge < -0.3 is 10.3 Å². The van der Waals surface area contributed by atoms with Gasteiger partial charge in [0, 0.05) is 7.05 Å². The second kappa shape index (κ2) is 6.21. The number of rotatable bonds is 5. The van der Waals surface area contributed by atoms with Gasteiger partial charge in [-0.15, -0.1) is 15.3 Å². The molecule has 0 bridgehead atoms. The summed E-state index contributed by atoms with van der Waals surface area (Å²) in [7, 11) is 1.89. The van der Waals surface area contributed by atoms with Crippen molar-refractivity contribution in [3.8, 4) is 0 Å². The third kappa shape index (κ3) is 2.90. The van der Waals surface area contributed by atoms with E-state index in [1.807, 2.05) is 32.4 Å². The fraction of sp³-hybridized carbons (Fsp3) is 0.462. The molecule has 7 nitrogen and oxygen atoms in total. The normalized spacial score (nSPS) is 10.9. The number of nitrogens with one attached hydrogen (secondary N) is 1. The zero-order valence-electron chi connectivity index (χ0n) is 12.6. The Hall–Kier alpha value is -1.96. The van der Waals surface area contributed by atoms with E-state index in [0.29, 0.717) is 15.7 Å². The van der Waals surface area contributed by atoms with E-state index in [1.54, 1.807) is 0 Å². The maximum absolute atomic E-state index is 7.87. The lowest BCUT2D eigenvalue weighted by Crippen LogP contribution is -2.18. The molecule has 0 aliphatic carbocycles. The summed E-state index contributed by atoms with van der Waals surface area (Å²) in [6, 6.07) is 0. The number of nitrogens with two attached hydrogens (primary N) is 1. The molecule has 0 aliphatic heterocycles. The summed E-state index contributed by atoms with van der Waals surface area (Å²) in [5, 5.41) is 25.8. The summed E-state index contributed by atoms with van der Waals surface area (Å²) in [5.74, 6) is 0.827. The number of hydrogen-bond acceptors (Lipinski definition) is 6. The van der Waals surface area contributed by atoms with Gasteiger partial charge in [0.2, 0.25) is 0 Å². The molecule has 3 N–H and O–H groups in total. The summed E-state index contributed by atoms with van der Waals surface area (Å²) in [4.78, 5) is 0. The van der Waals surface area contributed by atoms with Crippen LogP contribution in [0, 0.1) is 12.3 Å². The third-order valence-electron chi connectivity index (χ3n) is 3.32. The quantitative estimate of drug-likeness (QED) is 0.640. The Bertz CT molecular complexity index is 677. The van der Waals surface area contributed by atoms with Gasteiger partial charge in [-0.05, 0) is 37.1 Å². The van der Waals surface area contributed by atoms with Crippen molar-refractivity contribution in [2.75, 3.05) is 0 Å². The van der Waals surface area contributed by atoms with Crippen molar-refractivity contribution < 1.29 is 0 Å². The number of aromatic nitrogens is 5. The molecule has 0 radical (unpaired) electrons. The van der Waals surface area contributed by atoms with E-state index in [0.717, 1.165) is 29.9 Å². The van der Waals surface area contributed by atoms with Gasteiger partial charge in [0.15, 0.2) is 5.16 Å². The smallest absolute Gasteiger partial charge is 0.197 e. The lowest BCUT2D eigenvalue weighted by molar-refractivity contribution is 0.759. The van der Waals surface area contributed by atoms with Crippen LogP contribution in [0.2, 0.25) is 0 Å². The first-order valence-electron chi connectivity index (χ1n) is 6.76. The van der Waals surface area contributed by atoms with Crippen LogP contribution in [-0.2, 0) is 19.9 Å². The largest absolute Gasteiger partial charge is 0.384 e. The molecule has 0 saturated carbocycles. The molecule has 0 atom stereocenters. The zero-order valence-corrected chi connectivity index (χ0v) is 13.5. The molecule has 112 valence electrons. The molecule has 0 unspecified atom stereocenters. The predicted octanol–water partition coefficient (Wildman–Crippen LogP) is 1.47. The molecule has 2 aromatic rings. The van der Waals surface area contributed by atoms with Crippen LogP contribution in [0.25, 0.3) is 0 Å². The van der Waals surface area contributed by atoms with Crippen molar-refractivity contribution in [2.45, 2.75) is 43.8 Å². The number of nitrogens with zero attached hydrogens (tertiary/aromatic N) is 5. The second-order valence-electron chi connectivity index (χ2n) is 4.62. The summed E-state index contributed by atoms with van der Waals surface area (Å²) >= 11 is 1.33.